The Kier molecular flexibility index (Phi) is 7.43. The summed E-state index contributed by atoms with van der Waals surface area (Å²) >= 11 is 17.6. The number of nitro groups is 1. The molecule has 10 nitrogen and oxygen atoms in total. The Bertz CT molecular complexity index is 1570. The lowest BCUT2D eigenvalue weighted by molar-refractivity contribution is -0.384. The third-order valence-corrected chi connectivity index (χ3v) is 6.49. The Morgan fingerprint density at radius 3 is 2.66 bits per heavy atom. The predicted octanol–water partition coefficient (Wildman–Crippen LogP) is 5.67. The van der Waals surface area contributed by atoms with Gasteiger partial charge in [-0.2, -0.15) is 0 Å². The first-order valence-electron chi connectivity index (χ1n) is 11.4. The van der Waals surface area contributed by atoms with Gasteiger partial charge in [0.2, 0.25) is 5.89 Å². The van der Waals surface area contributed by atoms with Crippen LogP contribution in [-0.2, 0) is 4.74 Å². The maximum Gasteiger partial charge on any atom is 0.293 e. The number of benzene rings is 3. The average Bonchev–Trinajstić information content (AvgIpc) is 3.33. The summed E-state index contributed by atoms with van der Waals surface area (Å²) in [5, 5.41) is 18.0. The van der Waals surface area contributed by atoms with Crippen LogP contribution in [-0.4, -0.2) is 47.2 Å². The SMILES string of the molecule is O=C(NC(=S)Nc1cccc(-c2nc3cc(Cl)cc(Cl)c3o2)c1)c1ccc(N2CCOCC2)c([N+](=O)[O-])c1. The molecule has 0 saturated carbocycles. The molecular weight excluding hydrogens is 553 g/mol. The molecule has 4 aromatic rings. The van der Waals surface area contributed by atoms with Gasteiger partial charge in [-0.15, -0.1) is 0 Å². The number of hydrogen-bond donors (Lipinski definition) is 2. The van der Waals surface area contributed by atoms with Crippen molar-refractivity contribution < 1.29 is 18.9 Å². The van der Waals surface area contributed by atoms with E-state index in [1.807, 2.05) is 4.90 Å². The fraction of sp³-hybridized carbons (Fsp3) is 0.160. The van der Waals surface area contributed by atoms with Gasteiger partial charge in [-0.3, -0.25) is 20.2 Å². The fourth-order valence-electron chi connectivity index (χ4n) is 4.03. The van der Waals surface area contributed by atoms with Gasteiger partial charge in [0.1, 0.15) is 11.2 Å². The summed E-state index contributed by atoms with van der Waals surface area (Å²) < 4.78 is 11.1. The molecule has 1 aliphatic rings. The fourth-order valence-corrected chi connectivity index (χ4v) is 4.77. The van der Waals surface area contributed by atoms with E-state index in [9.17, 15) is 14.9 Å². The van der Waals surface area contributed by atoms with Gasteiger partial charge in [-0.25, -0.2) is 4.98 Å². The number of ether oxygens (including phenoxy) is 1. The summed E-state index contributed by atoms with van der Waals surface area (Å²) in [5.41, 5.74) is 2.53. The standard InChI is InChI=1S/C25H19Cl2N5O5S/c26-16-12-18(27)22-19(13-16)29-24(37-22)15-2-1-3-17(10-15)28-25(38)30-23(33)14-4-5-20(21(11-14)32(34)35)31-6-8-36-9-7-31/h1-5,10-13H,6-9H2,(H2,28,30,33,38). The van der Waals surface area contributed by atoms with Gasteiger partial charge in [0.05, 0.1) is 23.2 Å². The molecule has 0 radical (unpaired) electrons. The number of halogens is 2. The second-order valence-electron chi connectivity index (χ2n) is 8.30. The second-order valence-corrected chi connectivity index (χ2v) is 9.56. The molecule has 3 aromatic carbocycles. The van der Waals surface area contributed by atoms with Gasteiger partial charge in [0.25, 0.3) is 11.6 Å². The molecule has 1 fully saturated rings. The van der Waals surface area contributed by atoms with Gasteiger partial charge < -0.3 is 19.4 Å². The number of nitro benzene ring substituents is 1. The Labute approximate surface area is 231 Å². The third kappa shape index (κ3) is 5.55. The van der Waals surface area contributed by atoms with Crippen LogP contribution in [0.2, 0.25) is 10.0 Å². The summed E-state index contributed by atoms with van der Waals surface area (Å²) in [6, 6.07) is 14.6. The number of amides is 1. The highest BCUT2D eigenvalue weighted by Crippen LogP contribution is 2.33. The first-order chi connectivity index (χ1) is 18.3. The van der Waals surface area contributed by atoms with Crippen molar-refractivity contribution in [3.8, 4) is 11.5 Å². The Morgan fingerprint density at radius 2 is 1.89 bits per heavy atom. The molecule has 2 N–H and O–H groups in total. The van der Waals surface area contributed by atoms with Gasteiger partial charge >= 0.3 is 0 Å². The smallest absolute Gasteiger partial charge is 0.293 e. The quantitative estimate of drug-likeness (QED) is 0.177. The number of aromatic nitrogens is 1. The number of fused-ring (bicyclic) bond motifs is 1. The highest BCUT2D eigenvalue weighted by atomic mass is 35.5. The van der Waals surface area contributed by atoms with Crippen LogP contribution in [0.5, 0.6) is 0 Å². The largest absolute Gasteiger partial charge is 0.435 e. The second kappa shape index (κ2) is 10.9. The van der Waals surface area contributed by atoms with Crippen LogP contribution in [0, 0.1) is 10.1 Å². The third-order valence-electron chi connectivity index (χ3n) is 5.79. The number of anilines is 2. The molecule has 1 amide bonds. The van der Waals surface area contributed by atoms with Crippen molar-refractivity contribution in [2.45, 2.75) is 0 Å². The molecule has 194 valence electrons. The minimum absolute atomic E-state index is 0.0134. The van der Waals surface area contributed by atoms with E-state index in [0.29, 0.717) is 70.3 Å². The van der Waals surface area contributed by atoms with Crippen molar-refractivity contribution in [2.75, 3.05) is 36.5 Å². The Balaban J connectivity index is 1.29. The summed E-state index contributed by atoms with van der Waals surface area (Å²) in [4.78, 5) is 30.3. The molecule has 0 spiro atoms. The zero-order valence-corrected chi connectivity index (χ0v) is 21.9. The highest BCUT2D eigenvalue weighted by molar-refractivity contribution is 7.80. The first kappa shape index (κ1) is 25.9. The van der Waals surface area contributed by atoms with Crippen LogP contribution in [0.15, 0.2) is 59.0 Å². The van der Waals surface area contributed by atoms with Crippen molar-refractivity contribution in [2.24, 2.45) is 0 Å². The number of nitrogens with zero attached hydrogens (tertiary/aromatic N) is 3. The number of nitrogens with one attached hydrogen (secondary N) is 2. The molecule has 2 heterocycles. The molecule has 38 heavy (non-hydrogen) atoms. The van der Waals surface area contributed by atoms with Crippen molar-refractivity contribution in [3.05, 3.63) is 80.3 Å². The maximum atomic E-state index is 12.8. The van der Waals surface area contributed by atoms with Crippen molar-refractivity contribution in [3.63, 3.8) is 0 Å². The van der Waals surface area contributed by atoms with Gasteiger partial charge in [-0.05, 0) is 54.7 Å². The molecule has 1 aliphatic heterocycles. The van der Waals surface area contributed by atoms with E-state index in [0.717, 1.165) is 0 Å². The van der Waals surface area contributed by atoms with E-state index in [1.165, 1.54) is 12.1 Å². The van der Waals surface area contributed by atoms with Crippen LogP contribution in [0.4, 0.5) is 17.1 Å². The average molecular weight is 572 g/mol. The summed E-state index contributed by atoms with van der Waals surface area (Å²) in [6.45, 7) is 2.03. The molecule has 0 aliphatic carbocycles. The van der Waals surface area contributed by atoms with E-state index in [1.54, 1.807) is 42.5 Å². The molecule has 0 unspecified atom stereocenters. The minimum Gasteiger partial charge on any atom is -0.435 e. The van der Waals surface area contributed by atoms with Crippen LogP contribution in [0.3, 0.4) is 0 Å². The number of morpholine rings is 1. The van der Waals surface area contributed by atoms with Crippen molar-refractivity contribution in [1.82, 2.24) is 10.3 Å². The van der Waals surface area contributed by atoms with E-state index in [4.69, 9.17) is 44.6 Å². The number of carbonyl (C=O) groups is 1. The number of oxazole rings is 1. The van der Waals surface area contributed by atoms with Crippen LogP contribution in [0.25, 0.3) is 22.6 Å². The molecule has 1 saturated heterocycles. The number of rotatable bonds is 5. The minimum atomic E-state index is -0.583. The molecule has 0 atom stereocenters. The number of hydrogen-bond acceptors (Lipinski definition) is 8. The zero-order chi connectivity index (χ0) is 26.8. The first-order valence-corrected chi connectivity index (χ1v) is 12.5. The van der Waals surface area contributed by atoms with Crippen molar-refractivity contribution in [1.29, 1.82) is 0 Å². The zero-order valence-electron chi connectivity index (χ0n) is 19.6. The van der Waals surface area contributed by atoms with E-state index in [2.05, 4.69) is 15.6 Å². The monoisotopic (exact) mass is 571 g/mol. The lowest BCUT2D eigenvalue weighted by atomic mass is 10.1. The lowest BCUT2D eigenvalue weighted by Crippen LogP contribution is -2.37. The molecule has 0 bridgehead atoms. The van der Waals surface area contributed by atoms with E-state index >= 15 is 0 Å². The summed E-state index contributed by atoms with van der Waals surface area (Å²) in [7, 11) is 0. The Morgan fingerprint density at radius 1 is 1.11 bits per heavy atom. The van der Waals surface area contributed by atoms with Crippen LogP contribution in [0.1, 0.15) is 10.4 Å². The predicted molar refractivity (Wildman–Crippen MR) is 149 cm³/mol. The summed E-state index contributed by atoms with van der Waals surface area (Å²) in [5.74, 6) is -0.254. The van der Waals surface area contributed by atoms with Gasteiger partial charge in [0, 0.05) is 41.0 Å². The summed E-state index contributed by atoms with van der Waals surface area (Å²) in [6.07, 6.45) is 0. The topological polar surface area (TPSA) is 123 Å². The number of thiocarbonyl (C=S) groups is 1. The molecular formula is C25H19Cl2N5O5S. The van der Waals surface area contributed by atoms with Crippen molar-refractivity contribution >= 4 is 74.6 Å². The van der Waals surface area contributed by atoms with E-state index in [-0.39, 0.29) is 16.4 Å². The lowest BCUT2D eigenvalue weighted by Gasteiger charge is -2.28. The Hall–Kier alpha value is -3.77. The highest BCUT2D eigenvalue weighted by Gasteiger charge is 2.23. The molecule has 13 heteroatoms. The van der Waals surface area contributed by atoms with Gasteiger partial charge in [0.15, 0.2) is 10.7 Å². The molecule has 1 aromatic heterocycles. The van der Waals surface area contributed by atoms with Gasteiger partial charge in [-0.1, -0.05) is 29.3 Å². The van der Waals surface area contributed by atoms with Crippen LogP contribution < -0.4 is 15.5 Å². The normalized spacial score (nSPS) is 13.4. The maximum absolute atomic E-state index is 12.8. The van der Waals surface area contributed by atoms with Crippen LogP contribution >= 0.6 is 35.4 Å². The number of carbonyl (C=O) groups excluding carboxylic acids is 1. The van der Waals surface area contributed by atoms with E-state index < -0.39 is 10.8 Å². The molecule has 5 rings (SSSR count).